The summed E-state index contributed by atoms with van der Waals surface area (Å²) in [7, 11) is 0. The highest BCUT2D eigenvalue weighted by Crippen LogP contribution is 2.35. The topological polar surface area (TPSA) is 15.6 Å². The molecule has 2 aromatic carbocycles. The van der Waals surface area contributed by atoms with Gasteiger partial charge in [0.1, 0.15) is 0 Å². The van der Waals surface area contributed by atoms with Crippen molar-refractivity contribution in [1.82, 2.24) is 0 Å². The Morgan fingerprint density at radius 3 is 2.62 bits per heavy atom. The van der Waals surface area contributed by atoms with Crippen molar-refractivity contribution >= 4 is 52.7 Å². The smallest absolute Gasteiger partial charge is 0.0712 e. The molecule has 2 aromatic rings. The zero-order valence-corrected chi connectivity index (χ0v) is 17.7. The predicted molar refractivity (Wildman–Crippen MR) is 124 cm³/mol. The van der Waals surface area contributed by atoms with Gasteiger partial charge in [0, 0.05) is 34.8 Å². The average Bonchev–Trinajstić information content (AvgIpc) is 2.94. The lowest BCUT2D eigenvalue weighted by Gasteiger charge is -2.29. The van der Waals surface area contributed by atoms with Crippen molar-refractivity contribution in [2.24, 2.45) is 4.99 Å². The maximum Gasteiger partial charge on any atom is 0.0712 e. The van der Waals surface area contributed by atoms with Gasteiger partial charge in [-0.3, -0.25) is 4.99 Å². The zero-order valence-electron chi connectivity index (χ0n) is 15.4. The van der Waals surface area contributed by atoms with Gasteiger partial charge >= 0.3 is 0 Å². The number of anilines is 1. The summed E-state index contributed by atoms with van der Waals surface area (Å²) in [6.45, 7) is 7.36. The van der Waals surface area contributed by atoms with Gasteiger partial charge in [0.25, 0.3) is 0 Å². The second-order valence-electron chi connectivity index (χ2n) is 6.53. The summed E-state index contributed by atoms with van der Waals surface area (Å²) < 4.78 is 0. The lowest BCUT2D eigenvalue weighted by Crippen LogP contribution is -2.23. The summed E-state index contributed by atoms with van der Waals surface area (Å²) in [4.78, 5) is 7.03. The normalized spacial score (nSPS) is 17.8. The van der Waals surface area contributed by atoms with Gasteiger partial charge in [-0.05, 0) is 56.7 Å². The van der Waals surface area contributed by atoms with Gasteiger partial charge in [0.05, 0.1) is 5.69 Å². The first kappa shape index (κ1) is 18.6. The predicted octanol–water partition coefficient (Wildman–Crippen LogP) is 6.54. The van der Waals surface area contributed by atoms with Gasteiger partial charge in [-0.25, -0.2) is 0 Å². The number of hydrogen-bond acceptors (Lipinski definition) is 2. The Labute approximate surface area is 172 Å². The standard InChI is InChI=1S/C23H22N2.HI/c1-4-25-19(11-10-18-15-16(2)9-14-23(18)25)12-13-20-17(3)24-22-8-6-5-7-21(20)22;/h5-15H,4H2,1-3H3;1H/b19-12+,20-13+;. The Morgan fingerprint density at radius 1 is 1.00 bits per heavy atom. The molecule has 2 heterocycles. The molecule has 3 heteroatoms. The van der Waals surface area contributed by atoms with Crippen molar-refractivity contribution < 1.29 is 0 Å². The number of para-hydroxylation sites is 1. The van der Waals surface area contributed by atoms with Gasteiger partial charge in [-0.15, -0.1) is 24.0 Å². The van der Waals surface area contributed by atoms with Crippen LogP contribution < -0.4 is 4.90 Å². The minimum atomic E-state index is 0. The molecule has 2 nitrogen and oxygen atoms in total. The first-order valence-electron chi connectivity index (χ1n) is 8.80. The fourth-order valence-corrected chi connectivity index (χ4v) is 3.57. The molecule has 0 spiro atoms. The van der Waals surface area contributed by atoms with E-state index in [4.69, 9.17) is 0 Å². The van der Waals surface area contributed by atoms with Crippen LogP contribution in [0.3, 0.4) is 0 Å². The van der Waals surface area contributed by atoms with Crippen LogP contribution in [-0.4, -0.2) is 12.3 Å². The van der Waals surface area contributed by atoms with E-state index in [2.05, 4.69) is 91.4 Å². The maximum atomic E-state index is 4.67. The molecule has 2 aliphatic heterocycles. The SMILES string of the molecule is CCN1/C(=C/C=C2\C(C)=Nc3ccccc32)C=Cc2cc(C)ccc21.I. The third-order valence-electron chi connectivity index (χ3n) is 4.83. The molecule has 0 radical (unpaired) electrons. The minimum Gasteiger partial charge on any atom is -0.341 e. The first-order valence-corrected chi connectivity index (χ1v) is 8.80. The molecule has 0 amide bonds. The highest BCUT2D eigenvalue weighted by Gasteiger charge is 2.18. The summed E-state index contributed by atoms with van der Waals surface area (Å²) >= 11 is 0. The number of allylic oxidation sites excluding steroid dienone is 4. The summed E-state index contributed by atoms with van der Waals surface area (Å²) in [5.74, 6) is 0. The number of benzene rings is 2. The highest BCUT2D eigenvalue weighted by molar-refractivity contribution is 14.0. The van der Waals surface area contributed by atoms with E-state index < -0.39 is 0 Å². The van der Waals surface area contributed by atoms with Crippen LogP contribution in [0, 0.1) is 6.92 Å². The summed E-state index contributed by atoms with van der Waals surface area (Å²) in [6, 6.07) is 15.0. The zero-order chi connectivity index (χ0) is 17.4. The minimum absolute atomic E-state index is 0. The Bertz CT molecular complexity index is 964. The molecule has 0 fully saturated rings. The van der Waals surface area contributed by atoms with E-state index in [9.17, 15) is 0 Å². The van der Waals surface area contributed by atoms with Crippen molar-refractivity contribution in [2.45, 2.75) is 20.8 Å². The summed E-state index contributed by atoms with van der Waals surface area (Å²) in [5.41, 5.74) is 9.65. The number of likely N-dealkylation sites (N-methyl/N-ethyl adjacent to an activating group) is 1. The molecule has 4 rings (SSSR count). The van der Waals surface area contributed by atoms with Gasteiger partial charge in [0.2, 0.25) is 0 Å². The maximum absolute atomic E-state index is 4.67. The number of aliphatic imine (C=N–C) groups is 1. The molecule has 0 N–H and O–H groups in total. The van der Waals surface area contributed by atoms with Crippen LogP contribution in [0.25, 0.3) is 11.6 Å². The molecule has 2 aliphatic rings. The first-order chi connectivity index (χ1) is 12.2. The van der Waals surface area contributed by atoms with E-state index in [1.165, 1.54) is 33.6 Å². The van der Waals surface area contributed by atoms with Crippen LogP contribution >= 0.6 is 24.0 Å². The number of fused-ring (bicyclic) bond motifs is 2. The van der Waals surface area contributed by atoms with Gasteiger partial charge in [-0.1, -0.05) is 42.0 Å². The molecule has 26 heavy (non-hydrogen) atoms. The molecular formula is C23H23IN2. The van der Waals surface area contributed by atoms with Crippen LogP contribution in [0.5, 0.6) is 0 Å². The Hall–Kier alpha value is -2.14. The molecular weight excluding hydrogens is 431 g/mol. The molecule has 0 atom stereocenters. The molecule has 0 aliphatic carbocycles. The molecule has 0 bridgehead atoms. The Morgan fingerprint density at radius 2 is 1.81 bits per heavy atom. The number of hydrogen-bond donors (Lipinski definition) is 0. The van der Waals surface area contributed by atoms with Crippen molar-refractivity contribution in [3.8, 4) is 0 Å². The largest absolute Gasteiger partial charge is 0.341 e. The van der Waals surface area contributed by atoms with E-state index in [1.807, 2.05) is 6.07 Å². The van der Waals surface area contributed by atoms with Gasteiger partial charge in [-0.2, -0.15) is 0 Å². The van der Waals surface area contributed by atoms with Gasteiger partial charge in [0.15, 0.2) is 0 Å². The number of nitrogens with zero attached hydrogens (tertiary/aromatic N) is 2. The van der Waals surface area contributed by atoms with E-state index in [0.29, 0.717) is 0 Å². The fourth-order valence-electron chi connectivity index (χ4n) is 3.57. The van der Waals surface area contributed by atoms with E-state index in [-0.39, 0.29) is 24.0 Å². The van der Waals surface area contributed by atoms with Crippen molar-refractivity contribution in [3.05, 3.63) is 83.1 Å². The van der Waals surface area contributed by atoms with E-state index >= 15 is 0 Å². The monoisotopic (exact) mass is 454 g/mol. The highest BCUT2D eigenvalue weighted by atomic mass is 127. The van der Waals surface area contributed by atoms with Crippen LogP contribution in [0.15, 0.2) is 71.4 Å². The Kier molecular flexibility index (Phi) is 5.47. The third-order valence-corrected chi connectivity index (χ3v) is 4.83. The number of aryl methyl sites for hydroxylation is 1. The molecule has 0 aromatic heterocycles. The molecule has 0 saturated carbocycles. The van der Waals surface area contributed by atoms with Crippen LogP contribution in [0.4, 0.5) is 11.4 Å². The molecule has 132 valence electrons. The Balaban J connectivity index is 0.00000196. The van der Waals surface area contributed by atoms with Crippen LogP contribution in [0.2, 0.25) is 0 Å². The lowest BCUT2D eigenvalue weighted by atomic mass is 10.0. The van der Waals surface area contributed by atoms with E-state index in [1.54, 1.807) is 0 Å². The average molecular weight is 454 g/mol. The number of rotatable bonds is 2. The van der Waals surface area contributed by atoms with Crippen molar-refractivity contribution in [1.29, 1.82) is 0 Å². The van der Waals surface area contributed by atoms with Gasteiger partial charge < -0.3 is 4.90 Å². The second-order valence-corrected chi connectivity index (χ2v) is 6.53. The fraction of sp³-hybridized carbons (Fsp3) is 0.174. The van der Waals surface area contributed by atoms with Crippen molar-refractivity contribution in [2.75, 3.05) is 11.4 Å². The van der Waals surface area contributed by atoms with E-state index in [0.717, 1.165) is 17.9 Å². The van der Waals surface area contributed by atoms with Crippen LogP contribution in [0.1, 0.15) is 30.5 Å². The summed E-state index contributed by atoms with van der Waals surface area (Å²) in [6.07, 6.45) is 8.82. The molecule has 0 saturated heterocycles. The lowest BCUT2D eigenvalue weighted by molar-refractivity contribution is 0.971. The molecule has 0 unspecified atom stereocenters. The quantitative estimate of drug-likeness (QED) is 0.471. The van der Waals surface area contributed by atoms with Crippen molar-refractivity contribution in [3.63, 3.8) is 0 Å². The third kappa shape index (κ3) is 3.28. The summed E-state index contributed by atoms with van der Waals surface area (Å²) in [5, 5.41) is 0. The number of halogens is 1. The van der Waals surface area contributed by atoms with Crippen LogP contribution in [-0.2, 0) is 0 Å². The second kappa shape index (κ2) is 7.62.